The zero-order valence-electron chi connectivity index (χ0n) is 14.9. The van der Waals surface area contributed by atoms with Crippen LogP contribution in [0, 0.1) is 5.92 Å². The molecule has 23 heavy (non-hydrogen) atoms. The normalized spacial score (nSPS) is 42.8. The molecule has 126 valence electrons. The molecule has 1 aromatic carbocycles. The van der Waals surface area contributed by atoms with Crippen molar-refractivity contribution < 1.29 is 4.74 Å². The van der Waals surface area contributed by atoms with Gasteiger partial charge in [-0.1, -0.05) is 57.0 Å². The summed E-state index contributed by atoms with van der Waals surface area (Å²) in [6.07, 6.45) is 7.76. The van der Waals surface area contributed by atoms with Gasteiger partial charge in [-0.2, -0.15) is 0 Å². The Labute approximate surface area is 141 Å². The number of nitrogens with zero attached hydrogens (tertiary/aromatic N) is 1. The number of ether oxygens (including phenoxy) is 1. The van der Waals surface area contributed by atoms with Crippen LogP contribution in [0.3, 0.4) is 0 Å². The van der Waals surface area contributed by atoms with Crippen molar-refractivity contribution >= 4 is 0 Å². The van der Waals surface area contributed by atoms with Crippen molar-refractivity contribution in [2.24, 2.45) is 5.92 Å². The highest BCUT2D eigenvalue weighted by Gasteiger charge is 2.79. The summed E-state index contributed by atoms with van der Waals surface area (Å²) in [6.45, 7) is 8.25. The molecule has 0 radical (unpaired) electrons. The van der Waals surface area contributed by atoms with E-state index in [4.69, 9.17) is 4.74 Å². The average Bonchev–Trinajstić information content (AvgIpc) is 3.29. The van der Waals surface area contributed by atoms with Crippen molar-refractivity contribution in [1.82, 2.24) is 4.90 Å². The SMILES string of the molecule is CC[C@@H]1[C@@H](CC)[C@]23CCCC[C@]2(O3)[C@@H](C)N1Cc1ccccc1. The summed E-state index contributed by atoms with van der Waals surface area (Å²) in [5.74, 6) is 0.702. The fourth-order valence-corrected chi connectivity index (χ4v) is 6.09. The Morgan fingerprint density at radius 2 is 1.74 bits per heavy atom. The molecule has 1 aromatic rings. The number of benzene rings is 1. The first-order valence-corrected chi connectivity index (χ1v) is 9.68. The largest absolute Gasteiger partial charge is 0.360 e. The molecule has 1 saturated carbocycles. The number of likely N-dealkylation sites (tertiary alicyclic amines) is 1. The van der Waals surface area contributed by atoms with Crippen molar-refractivity contribution in [3.8, 4) is 0 Å². The van der Waals surface area contributed by atoms with Crippen LogP contribution in [0.15, 0.2) is 30.3 Å². The fraction of sp³-hybridized carbons (Fsp3) is 0.714. The van der Waals surface area contributed by atoms with Crippen molar-refractivity contribution in [2.75, 3.05) is 0 Å². The monoisotopic (exact) mass is 313 g/mol. The molecule has 0 N–H and O–H groups in total. The first kappa shape index (κ1) is 15.7. The number of piperidine rings is 1. The van der Waals surface area contributed by atoms with E-state index in [-0.39, 0.29) is 11.2 Å². The van der Waals surface area contributed by atoms with Crippen LogP contribution < -0.4 is 0 Å². The smallest absolute Gasteiger partial charge is 0.113 e. The van der Waals surface area contributed by atoms with Crippen LogP contribution in [-0.2, 0) is 11.3 Å². The number of epoxide rings is 1. The Kier molecular flexibility index (Phi) is 3.81. The Bertz CT molecular complexity index is 558. The molecule has 4 rings (SSSR count). The van der Waals surface area contributed by atoms with Gasteiger partial charge in [-0.25, -0.2) is 0 Å². The van der Waals surface area contributed by atoms with Gasteiger partial charge in [0.15, 0.2) is 0 Å². The fourth-order valence-electron chi connectivity index (χ4n) is 6.09. The molecule has 1 aliphatic carbocycles. The molecule has 0 amide bonds. The predicted octanol–water partition coefficient (Wildman–Crippen LogP) is 4.78. The lowest BCUT2D eigenvalue weighted by molar-refractivity contribution is -0.00661. The van der Waals surface area contributed by atoms with Crippen LogP contribution in [0.4, 0.5) is 0 Å². The third-order valence-electron chi connectivity index (χ3n) is 7.11. The van der Waals surface area contributed by atoms with Crippen LogP contribution >= 0.6 is 0 Å². The molecule has 2 nitrogen and oxygen atoms in total. The summed E-state index contributed by atoms with van der Waals surface area (Å²) in [4.78, 5) is 2.78. The molecule has 0 unspecified atom stereocenters. The van der Waals surface area contributed by atoms with Crippen molar-refractivity contribution in [3.05, 3.63) is 35.9 Å². The Hall–Kier alpha value is -0.860. The van der Waals surface area contributed by atoms with Gasteiger partial charge < -0.3 is 4.74 Å². The highest BCUT2D eigenvalue weighted by Crippen LogP contribution is 2.68. The minimum Gasteiger partial charge on any atom is -0.360 e. The predicted molar refractivity (Wildman–Crippen MR) is 94.3 cm³/mol. The molecular formula is C21H31NO. The van der Waals surface area contributed by atoms with E-state index in [1.807, 2.05) is 0 Å². The lowest BCUT2D eigenvalue weighted by atomic mass is 9.62. The molecule has 2 aliphatic heterocycles. The van der Waals surface area contributed by atoms with Gasteiger partial charge in [-0.05, 0) is 38.2 Å². The Balaban J connectivity index is 1.68. The quantitative estimate of drug-likeness (QED) is 0.744. The second kappa shape index (κ2) is 5.60. The molecule has 0 bridgehead atoms. The van der Waals surface area contributed by atoms with Crippen molar-refractivity contribution in [2.45, 2.75) is 89.1 Å². The number of hydrogen-bond acceptors (Lipinski definition) is 2. The van der Waals surface area contributed by atoms with E-state index in [1.165, 1.54) is 44.1 Å². The summed E-state index contributed by atoms with van der Waals surface area (Å²) in [5.41, 5.74) is 1.81. The van der Waals surface area contributed by atoms with Gasteiger partial charge in [0.05, 0.1) is 0 Å². The maximum Gasteiger partial charge on any atom is 0.113 e. The van der Waals surface area contributed by atoms with E-state index in [9.17, 15) is 0 Å². The third kappa shape index (κ3) is 2.07. The molecule has 3 fully saturated rings. The first-order valence-electron chi connectivity index (χ1n) is 9.68. The molecule has 2 saturated heterocycles. The van der Waals surface area contributed by atoms with E-state index in [1.54, 1.807) is 0 Å². The summed E-state index contributed by atoms with van der Waals surface area (Å²) in [5, 5.41) is 0. The molecule has 2 heteroatoms. The summed E-state index contributed by atoms with van der Waals surface area (Å²) < 4.78 is 6.69. The molecule has 0 spiro atoms. The number of hydrogen-bond donors (Lipinski definition) is 0. The maximum atomic E-state index is 6.69. The summed E-state index contributed by atoms with van der Waals surface area (Å²) >= 11 is 0. The summed E-state index contributed by atoms with van der Waals surface area (Å²) in [7, 11) is 0. The highest BCUT2D eigenvalue weighted by molar-refractivity contribution is 5.29. The van der Waals surface area contributed by atoms with Gasteiger partial charge in [0.1, 0.15) is 11.2 Å². The van der Waals surface area contributed by atoms with E-state index in [2.05, 4.69) is 56.0 Å². The van der Waals surface area contributed by atoms with Crippen LogP contribution in [0.2, 0.25) is 0 Å². The standard InChI is InChI=1S/C21H31NO/c1-4-18-19(5-2)22(15-17-11-7-6-8-12-17)16(3)20-13-9-10-14-21(18,20)23-20/h6-8,11-12,16,18-19H,4-5,9-10,13-15H2,1-3H3/t16-,18-,19-,20+,21-/m1/s1. The zero-order valence-corrected chi connectivity index (χ0v) is 14.9. The van der Waals surface area contributed by atoms with Crippen molar-refractivity contribution in [1.29, 1.82) is 0 Å². The van der Waals surface area contributed by atoms with E-state index in [0.717, 1.165) is 6.54 Å². The minimum absolute atomic E-state index is 0.159. The second-order valence-electron chi connectivity index (χ2n) is 7.91. The highest BCUT2D eigenvalue weighted by atomic mass is 16.6. The third-order valence-corrected chi connectivity index (χ3v) is 7.11. The van der Waals surface area contributed by atoms with Crippen molar-refractivity contribution in [3.63, 3.8) is 0 Å². The minimum atomic E-state index is 0.159. The molecule has 3 aliphatic rings. The Morgan fingerprint density at radius 1 is 1.04 bits per heavy atom. The van der Waals surface area contributed by atoms with Gasteiger partial charge in [0, 0.05) is 24.5 Å². The Morgan fingerprint density at radius 3 is 2.39 bits per heavy atom. The molecular weight excluding hydrogens is 282 g/mol. The average molecular weight is 313 g/mol. The molecule has 0 aromatic heterocycles. The van der Waals surface area contributed by atoms with Gasteiger partial charge in [0.25, 0.3) is 0 Å². The van der Waals surface area contributed by atoms with Crippen LogP contribution in [0.25, 0.3) is 0 Å². The lowest BCUT2D eigenvalue weighted by Gasteiger charge is -2.51. The van der Waals surface area contributed by atoms with Gasteiger partial charge in [-0.15, -0.1) is 0 Å². The lowest BCUT2D eigenvalue weighted by Crippen LogP contribution is -2.62. The molecule has 5 atom stereocenters. The van der Waals surface area contributed by atoms with Crippen LogP contribution in [0.5, 0.6) is 0 Å². The van der Waals surface area contributed by atoms with Gasteiger partial charge in [-0.3, -0.25) is 4.90 Å². The topological polar surface area (TPSA) is 15.8 Å². The second-order valence-corrected chi connectivity index (χ2v) is 7.91. The zero-order chi connectivity index (χ0) is 16.1. The van der Waals surface area contributed by atoms with Crippen LogP contribution in [0.1, 0.15) is 64.9 Å². The van der Waals surface area contributed by atoms with Gasteiger partial charge >= 0.3 is 0 Å². The van der Waals surface area contributed by atoms with E-state index < -0.39 is 0 Å². The van der Waals surface area contributed by atoms with Crippen LogP contribution in [-0.4, -0.2) is 28.2 Å². The first-order chi connectivity index (χ1) is 11.2. The maximum absolute atomic E-state index is 6.69. The van der Waals surface area contributed by atoms with Gasteiger partial charge in [0.2, 0.25) is 0 Å². The summed E-state index contributed by atoms with van der Waals surface area (Å²) in [6, 6.07) is 12.2. The number of rotatable bonds is 4. The van der Waals surface area contributed by atoms with E-state index in [0.29, 0.717) is 18.0 Å². The molecule has 2 heterocycles. The van der Waals surface area contributed by atoms with E-state index >= 15 is 0 Å².